The molecule has 39 heavy (non-hydrogen) atoms. The van der Waals surface area contributed by atoms with Crippen LogP contribution in [-0.4, -0.2) is 108 Å². The number of fused-ring (bicyclic) bond motifs is 2. The third-order valence-corrected chi connectivity index (χ3v) is 10.6. The fraction of sp³-hybridized carbons (Fsp3) is 0.720. The van der Waals surface area contributed by atoms with Crippen LogP contribution in [0.1, 0.15) is 33.1 Å². The van der Waals surface area contributed by atoms with E-state index in [1.807, 2.05) is 18.7 Å². The van der Waals surface area contributed by atoms with Gasteiger partial charge in [0.2, 0.25) is 11.8 Å². The smallest absolute Gasteiger partial charge is 0.353 e. The van der Waals surface area contributed by atoms with Crippen LogP contribution in [-0.2, 0) is 25.7 Å². The Morgan fingerprint density at radius 3 is 2.82 bits per heavy atom. The van der Waals surface area contributed by atoms with Gasteiger partial charge in [-0.05, 0) is 35.1 Å². The van der Waals surface area contributed by atoms with E-state index >= 15 is 0 Å². The average Bonchev–Trinajstić information content (AvgIpc) is 3.69. The molecule has 3 N–H and O–H groups in total. The van der Waals surface area contributed by atoms with Gasteiger partial charge in [-0.2, -0.15) is 0 Å². The van der Waals surface area contributed by atoms with Crippen LogP contribution < -0.4 is 10.6 Å². The number of hydrogen-bond donors (Lipinski definition) is 3. The monoisotopic (exact) mass is 558 g/mol. The molecule has 210 valence electrons. The van der Waals surface area contributed by atoms with Gasteiger partial charge in [-0.15, -0.1) is 16.9 Å². The van der Waals surface area contributed by atoms with Crippen molar-refractivity contribution in [3.05, 3.63) is 16.9 Å². The summed E-state index contributed by atoms with van der Waals surface area (Å²) in [5.41, 5.74) is 0.0557. The predicted molar refractivity (Wildman–Crippen MR) is 139 cm³/mol. The van der Waals surface area contributed by atoms with Crippen molar-refractivity contribution < 1.29 is 24.3 Å². The maximum Gasteiger partial charge on any atom is 0.353 e. The van der Waals surface area contributed by atoms with Crippen LogP contribution in [0.2, 0.25) is 0 Å². The highest BCUT2D eigenvalue weighted by atomic mass is 32.2. The number of hydrogen-bond acceptors (Lipinski definition) is 10. The topological polar surface area (TPSA) is 163 Å². The molecule has 13 nitrogen and oxygen atoms in total. The van der Waals surface area contributed by atoms with E-state index in [1.54, 1.807) is 0 Å². The lowest BCUT2D eigenvalue weighted by Gasteiger charge is -2.47. The number of carbonyl (C=O) groups is 4. The van der Waals surface area contributed by atoms with E-state index < -0.39 is 11.9 Å². The molecule has 0 bridgehead atoms. The van der Waals surface area contributed by atoms with Crippen molar-refractivity contribution >= 4 is 35.3 Å². The fourth-order valence-electron chi connectivity index (χ4n) is 7.23. The lowest BCUT2D eigenvalue weighted by atomic mass is 9.73. The van der Waals surface area contributed by atoms with Crippen LogP contribution in [0, 0.1) is 23.7 Å². The van der Waals surface area contributed by atoms with Gasteiger partial charge in [0, 0.05) is 54.7 Å². The van der Waals surface area contributed by atoms with E-state index in [0.717, 1.165) is 26.1 Å². The van der Waals surface area contributed by atoms with E-state index in [1.165, 1.54) is 27.7 Å². The number of carboxylic acids is 1. The first kappa shape index (κ1) is 26.4. The standard InChI is InChI=1S/C25H34N8O5S/c1-12(5-15(34)10-31-11-28-29-30-31)19-20-13(2)22(21(25(37)38)33(20)24(19)36)39-16-6-17(27-8-16)23(35)32-4-3-14-7-26-9-18(14)32/h11-14,16-20,26-27H,3-10H2,1-2H3,(H,37,38)/t12-,13+,14?,16-,17-,18?,19+,20+/m0/s1. The van der Waals surface area contributed by atoms with Crippen LogP contribution >= 0.6 is 11.8 Å². The van der Waals surface area contributed by atoms with Gasteiger partial charge in [0.1, 0.15) is 18.6 Å². The predicted octanol–water partition coefficient (Wildman–Crippen LogP) is -0.675. The summed E-state index contributed by atoms with van der Waals surface area (Å²) < 4.78 is 1.35. The SMILES string of the molecule is C[C@@H](CC(=O)Cn1cnnn1)[C@H]1C(=O)N2C(C(=O)O)=C(S[C@@H]3CN[C@H](C(=O)N4CCC5CNCC54)C3)[C@H](C)[C@H]12. The summed E-state index contributed by atoms with van der Waals surface area (Å²) in [5.74, 6) is -1.60. The minimum Gasteiger partial charge on any atom is -0.477 e. The van der Waals surface area contributed by atoms with Crippen molar-refractivity contribution in [1.29, 1.82) is 0 Å². The molecule has 6 heterocycles. The van der Waals surface area contributed by atoms with Gasteiger partial charge in [-0.1, -0.05) is 13.8 Å². The summed E-state index contributed by atoms with van der Waals surface area (Å²) in [7, 11) is 0. The third kappa shape index (κ3) is 4.55. The van der Waals surface area contributed by atoms with Crippen LogP contribution in [0.25, 0.3) is 0 Å². The number of carbonyl (C=O) groups excluding carboxylic acids is 3. The Morgan fingerprint density at radius 2 is 2.08 bits per heavy atom. The van der Waals surface area contributed by atoms with Gasteiger partial charge in [0.05, 0.1) is 18.0 Å². The number of ketones is 1. The quantitative estimate of drug-likeness (QED) is 0.329. The Morgan fingerprint density at radius 1 is 1.26 bits per heavy atom. The van der Waals surface area contributed by atoms with Crippen LogP contribution in [0.15, 0.2) is 16.9 Å². The van der Waals surface area contributed by atoms with E-state index in [9.17, 15) is 24.3 Å². The molecule has 8 atom stereocenters. The number of amides is 2. The number of tetrazole rings is 1. The van der Waals surface area contributed by atoms with Gasteiger partial charge >= 0.3 is 5.97 Å². The molecule has 1 aromatic heterocycles. The van der Waals surface area contributed by atoms with E-state index in [4.69, 9.17) is 0 Å². The van der Waals surface area contributed by atoms with Crippen LogP contribution in [0.3, 0.4) is 0 Å². The molecule has 4 saturated heterocycles. The van der Waals surface area contributed by atoms with Crippen molar-refractivity contribution in [2.45, 2.75) is 63.0 Å². The van der Waals surface area contributed by atoms with Crippen molar-refractivity contribution in [3.8, 4) is 0 Å². The van der Waals surface area contributed by atoms with E-state index in [-0.39, 0.29) is 71.5 Å². The number of β-lactam (4-membered cyclic amide) rings is 1. The zero-order valence-corrected chi connectivity index (χ0v) is 22.8. The highest BCUT2D eigenvalue weighted by Crippen LogP contribution is 2.53. The Balaban J connectivity index is 1.10. The number of thioether (sulfide) groups is 1. The second kappa shape index (κ2) is 10.3. The molecule has 14 heteroatoms. The van der Waals surface area contributed by atoms with Crippen LogP contribution in [0.5, 0.6) is 0 Å². The molecule has 0 saturated carbocycles. The first-order valence-corrected chi connectivity index (χ1v) is 14.6. The molecular formula is C25H34N8O5S. The molecule has 0 spiro atoms. The van der Waals surface area contributed by atoms with E-state index in [0.29, 0.717) is 23.8 Å². The lowest BCUT2D eigenvalue weighted by molar-refractivity contribution is -0.160. The number of Topliss-reactive ketones (excluding diaryl/α,β-unsaturated/α-hetero) is 1. The maximum absolute atomic E-state index is 13.3. The number of likely N-dealkylation sites (tertiary alicyclic amines) is 1. The van der Waals surface area contributed by atoms with Crippen molar-refractivity contribution in [2.24, 2.45) is 23.7 Å². The first-order chi connectivity index (χ1) is 18.7. The molecule has 2 unspecified atom stereocenters. The number of nitrogens with zero attached hydrogens (tertiary/aromatic N) is 6. The lowest BCUT2D eigenvalue weighted by Crippen LogP contribution is -2.62. The number of aromatic nitrogens is 4. The summed E-state index contributed by atoms with van der Waals surface area (Å²) in [5, 5.41) is 27.7. The molecule has 6 rings (SSSR count). The number of nitrogens with one attached hydrogen (secondary N) is 2. The second-order valence-electron chi connectivity index (χ2n) is 11.5. The summed E-state index contributed by atoms with van der Waals surface area (Å²) in [6.07, 6.45) is 3.21. The average molecular weight is 559 g/mol. The second-order valence-corrected chi connectivity index (χ2v) is 12.8. The Hall–Kier alpha value is -2.84. The molecule has 4 fully saturated rings. The highest BCUT2D eigenvalue weighted by Gasteiger charge is 2.60. The minimum absolute atomic E-state index is 0.0336. The molecule has 0 aromatic carbocycles. The number of carboxylic acid groups (broad SMARTS) is 1. The molecule has 1 aromatic rings. The van der Waals surface area contributed by atoms with Crippen molar-refractivity contribution in [2.75, 3.05) is 26.2 Å². The zero-order valence-electron chi connectivity index (χ0n) is 22.0. The van der Waals surface area contributed by atoms with Gasteiger partial charge in [0.25, 0.3) is 0 Å². The Bertz CT molecular complexity index is 1210. The molecule has 2 amide bonds. The minimum atomic E-state index is -1.11. The first-order valence-electron chi connectivity index (χ1n) is 13.7. The van der Waals surface area contributed by atoms with Crippen molar-refractivity contribution in [1.82, 2.24) is 40.6 Å². The molecule has 0 radical (unpaired) electrons. The summed E-state index contributed by atoms with van der Waals surface area (Å²) in [6.45, 7) is 7.09. The third-order valence-electron chi connectivity index (χ3n) is 9.09. The van der Waals surface area contributed by atoms with Crippen LogP contribution in [0.4, 0.5) is 0 Å². The van der Waals surface area contributed by atoms with Gasteiger partial charge in [-0.25, -0.2) is 9.48 Å². The zero-order chi connectivity index (χ0) is 27.4. The Labute approximate surface area is 230 Å². The molecular weight excluding hydrogens is 524 g/mol. The van der Waals surface area contributed by atoms with Gasteiger partial charge in [-0.3, -0.25) is 14.4 Å². The molecule has 5 aliphatic heterocycles. The maximum atomic E-state index is 13.3. The van der Waals surface area contributed by atoms with E-state index in [2.05, 4.69) is 26.2 Å². The van der Waals surface area contributed by atoms with Gasteiger partial charge in [0.15, 0.2) is 5.78 Å². The largest absolute Gasteiger partial charge is 0.477 e. The molecule has 5 aliphatic rings. The number of aliphatic carboxylic acids is 1. The van der Waals surface area contributed by atoms with Crippen molar-refractivity contribution in [3.63, 3.8) is 0 Å². The van der Waals surface area contributed by atoms with Gasteiger partial charge < -0.3 is 25.5 Å². The summed E-state index contributed by atoms with van der Waals surface area (Å²) in [4.78, 5) is 55.5. The normalized spacial score (nSPS) is 34.3. The summed E-state index contributed by atoms with van der Waals surface area (Å²) in [6, 6.07) is -0.287. The summed E-state index contributed by atoms with van der Waals surface area (Å²) >= 11 is 1.49. The molecule has 0 aliphatic carbocycles. The highest BCUT2D eigenvalue weighted by molar-refractivity contribution is 8.03. The Kier molecular flexibility index (Phi) is 6.96. The number of rotatable bonds is 9. The fourth-order valence-corrected chi connectivity index (χ4v) is 8.71.